The molecular formula is C22H37NO2. The van der Waals surface area contributed by atoms with Crippen molar-refractivity contribution in [2.75, 3.05) is 26.2 Å². The molecule has 1 heterocycles. The Hall–Kier alpha value is -0.900. The topological polar surface area (TPSA) is 43.7 Å². The Labute approximate surface area is 154 Å². The van der Waals surface area contributed by atoms with Gasteiger partial charge < -0.3 is 15.1 Å². The Kier molecular flexibility index (Phi) is 8.94. The molecule has 1 aliphatic carbocycles. The second kappa shape index (κ2) is 10.9. The summed E-state index contributed by atoms with van der Waals surface area (Å²) in [5.41, 5.74) is 0.512. The summed E-state index contributed by atoms with van der Waals surface area (Å²) in [6.07, 6.45) is 11.2. The molecule has 1 aromatic rings. The summed E-state index contributed by atoms with van der Waals surface area (Å²) in [4.78, 5) is 2.56. The van der Waals surface area contributed by atoms with E-state index in [0.29, 0.717) is 5.92 Å². The fraction of sp³-hybridized carbons (Fsp3) is 0.727. The van der Waals surface area contributed by atoms with E-state index in [-0.39, 0.29) is 6.61 Å². The van der Waals surface area contributed by atoms with Crippen molar-refractivity contribution in [2.45, 2.75) is 70.3 Å². The first-order valence-electron chi connectivity index (χ1n) is 10.3. The van der Waals surface area contributed by atoms with Gasteiger partial charge in [-0.3, -0.25) is 0 Å². The van der Waals surface area contributed by atoms with Crippen LogP contribution in [0, 0.1) is 5.92 Å². The minimum atomic E-state index is -0.626. The van der Waals surface area contributed by atoms with Crippen LogP contribution in [-0.4, -0.2) is 41.4 Å². The fourth-order valence-electron chi connectivity index (χ4n) is 4.40. The van der Waals surface area contributed by atoms with Gasteiger partial charge >= 0.3 is 0 Å². The molecule has 1 atom stereocenters. The third kappa shape index (κ3) is 6.09. The number of aliphatic hydroxyl groups excluding tert-OH is 1. The summed E-state index contributed by atoms with van der Waals surface area (Å²) < 4.78 is 0. The number of rotatable bonds is 5. The van der Waals surface area contributed by atoms with Crippen LogP contribution in [-0.2, 0) is 5.60 Å². The molecule has 1 unspecified atom stereocenters. The van der Waals surface area contributed by atoms with E-state index in [2.05, 4.69) is 35.2 Å². The van der Waals surface area contributed by atoms with Gasteiger partial charge in [0.15, 0.2) is 0 Å². The standard InChI is InChI=1S/C20H31NO.C2H6O/c22-20(18-10-4-1-5-11-18,19-12-6-2-7-13-19)14-17-21-15-8-3-9-16-21;1-2-3/h1,4-5,10-11,19,22H,2-3,6-9,12-17H2;3H,2H2,1H3. The zero-order valence-electron chi connectivity index (χ0n) is 16.0. The second-order valence-electron chi connectivity index (χ2n) is 7.59. The lowest BCUT2D eigenvalue weighted by molar-refractivity contribution is -0.0528. The highest BCUT2D eigenvalue weighted by atomic mass is 16.3. The molecule has 3 nitrogen and oxygen atoms in total. The van der Waals surface area contributed by atoms with Crippen molar-refractivity contribution in [3.63, 3.8) is 0 Å². The van der Waals surface area contributed by atoms with Gasteiger partial charge in [-0.1, -0.05) is 56.0 Å². The van der Waals surface area contributed by atoms with Gasteiger partial charge in [0.25, 0.3) is 0 Å². The van der Waals surface area contributed by atoms with Gasteiger partial charge in [0.2, 0.25) is 0 Å². The molecule has 1 aliphatic heterocycles. The molecule has 3 rings (SSSR count). The monoisotopic (exact) mass is 347 g/mol. The van der Waals surface area contributed by atoms with Crippen LogP contribution in [0.5, 0.6) is 0 Å². The first kappa shape index (κ1) is 20.4. The van der Waals surface area contributed by atoms with Gasteiger partial charge in [-0.2, -0.15) is 0 Å². The van der Waals surface area contributed by atoms with Crippen molar-refractivity contribution < 1.29 is 10.2 Å². The quantitative estimate of drug-likeness (QED) is 0.833. The van der Waals surface area contributed by atoms with Crippen molar-refractivity contribution >= 4 is 0 Å². The number of aliphatic hydroxyl groups is 2. The Bertz CT molecular complexity index is 452. The zero-order chi connectivity index (χ0) is 18.0. The third-order valence-corrected chi connectivity index (χ3v) is 5.81. The molecule has 2 N–H and O–H groups in total. The van der Waals surface area contributed by atoms with Crippen LogP contribution in [0.2, 0.25) is 0 Å². The van der Waals surface area contributed by atoms with Crippen LogP contribution in [0.25, 0.3) is 0 Å². The van der Waals surface area contributed by atoms with Crippen LogP contribution in [0.15, 0.2) is 30.3 Å². The highest BCUT2D eigenvalue weighted by Crippen LogP contribution is 2.41. The van der Waals surface area contributed by atoms with Gasteiger partial charge in [0, 0.05) is 13.2 Å². The molecule has 0 aromatic heterocycles. The van der Waals surface area contributed by atoms with Gasteiger partial charge in [-0.05, 0) is 63.6 Å². The molecular weight excluding hydrogens is 310 g/mol. The van der Waals surface area contributed by atoms with E-state index >= 15 is 0 Å². The highest BCUT2D eigenvalue weighted by molar-refractivity contribution is 5.23. The van der Waals surface area contributed by atoms with Crippen molar-refractivity contribution in [1.82, 2.24) is 4.90 Å². The maximum Gasteiger partial charge on any atom is 0.0936 e. The van der Waals surface area contributed by atoms with E-state index in [1.807, 2.05) is 0 Å². The van der Waals surface area contributed by atoms with Gasteiger partial charge in [0.05, 0.1) is 5.60 Å². The molecule has 0 amide bonds. The van der Waals surface area contributed by atoms with E-state index in [0.717, 1.165) is 18.5 Å². The first-order valence-corrected chi connectivity index (χ1v) is 10.3. The predicted octanol–water partition coefficient (Wildman–Crippen LogP) is 4.33. The lowest BCUT2D eigenvalue weighted by atomic mass is 9.71. The summed E-state index contributed by atoms with van der Waals surface area (Å²) in [5, 5.41) is 19.2. The number of hydrogen-bond donors (Lipinski definition) is 2. The van der Waals surface area contributed by atoms with Crippen LogP contribution in [0.1, 0.15) is 70.3 Å². The van der Waals surface area contributed by atoms with Crippen LogP contribution in [0.4, 0.5) is 0 Å². The largest absolute Gasteiger partial charge is 0.397 e. The summed E-state index contributed by atoms with van der Waals surface area (Å²) >= 11 is 0. The maximum absolute atomic E-state index is 11.6. The highest BCUT2D eigenvalue weighted by Gasteiger charge is 2.38. The van der Waals surface area contributed by atoms with E-state index in [1.54, 1.807) is 6.92 Å². The Morgan fingerprint density at radius 3 is 2.12 bits per heavy atom. The van der Waals surface area contributed by atoms with E-state index in [1.165, 1.54) is 64.5 Å². The minimum absolute atomic E-state index is 0.250. The molecule has 0 radical (unpaired) electrons. The Balaban J connectivity index is 0.000000701. The molecule has 1 saturated carbocycles. The average Bonchev–Trinajstić information content (AvgIpc) is 2.69. The van der Waals surface area contributed by atoms with E-state index in [4.69, 9.17) is 5.11 Å². The minimum Gasteiger partial charge on any atom is -0.397 e. The molecule has 1 aromatic carbocycles. The van der Waals surface area contributed by atoms with Gasteiger partial charge in [0.1, 0.15) is 0 Å². The molecule has 0 spiro atoms. The molecule has 2 aliphatic rings. The third-order valence-electron chi connectivity index (χ3n) is 5.81. The maximum atomic E-state index is 11.6. The predicted molar refractivity (Wildman–Crippen MR) is 105 cm³/mol. The van der Waals surface area contributed by atoms with Crippen LogP contribution in [0.3, 0.4) is 0 Å². The zero-order valence-corrected chi connectivity index (χ0v) is 16.0. The normalized spacial score (nSPS) is 21.9. The van der Waals surface area contributed by atoms with Crippen molar-refractivity contribution in [3.05, 3.63) is 35.9 Å². The van der Waals surface area contributed by atoms with E-state index in [9.17, 15) is 5.11 Å². The average molecular weight is 348 g/mol. The molecule has 2 fully saturated rings. The first-order chi connectivity index (χ1) is 12.2. The Morgan fingerprint density at radius 1 is 0.960 bits per heavy atom. The number of nitrogens with zero attached hydrogens (tertiary/aromatic N) is 1. The molecule has 25 heavy (non-hydrogen) atoms. The molecule has 142 valence electrons. The lowest BCUT2D eigenvalue weighted by Gasteiger charge is -2.40. The molecule has 3 heteroatoms. The van der Waals surface area contributed by atoms with Crippen molar-refractivity contribution in [3.8, 4) is 0 Å². The fourth-order valence-corrected chi connectivity index (χ4v) is 4.40. The second-order valence-corrected chi connectivity index (χ2v) is 7.59. The van der Waals surface area contributed by atoms with Crippen LogP contribution < -0.4 is 0 Å². The Morgan fingerprint density at radius 2 is 1.52 bits per heavy atom. The number of hydrogen-bond acceptors (Lipinski definition) is 3. The number of likely N-dealkylation sites (tertiary alicyclic amines) is 1. The van der Waals surface area contributed by atoms with Gasteiger partial charge in [-0.15, -0.1) is 0 Å². The molecule has 0 bridgehead atoms. The summed E-state index contributed by atoms with van der Waals surface area (Å²) in [7, 11) is 0. The SMILES string of the molecule is CCO.OC(CCN1CCCCC1)(c1ccccc1)C1CCCCC1. The smallest absolute Gasteiger partial charge is 0.0936 e. The summed E-state index contributed by atoms with van der Waals surface area (Å²) in [6, 6.07) is 10.5. The number of piperidine rings is 1. The summed E-state index contributed by atoms with van der Waals surface area (Å²) in [5.74, 6) is 0.438. The van der Waals surface area contributed by atoms with E-state index < -0.39 is 5.60 Å². The van der Waals surface area contributed by atoms with Crippen molar-refractivity contribution in [1.29, 1.82) is 0 Å². The summed E-state index contributed by atoms with van der Waals surface area (Å²) in [6.45, 7) is 5.41. The lowest BCUT2D eigenvalue weighted by Crippen LogP contribution is -2.41. The van der Waals surface area contributed by atoms with Crippen molar-refractivity contribution in [2.24, 2.45) is 5.92 Å². The van der Waals surface area contributed by atoms with Crippen LogP contribution >= 0.6 is 0 Å². The number of benzene rings is 1. The molecule has 1 saturated heterocycles. The van der Waals surface area contributed by atoms with Gasteiger partial charge in [-0.25, -0.2) is 0 Å².